The van der Waals surface area contributed by atoms with Gasteiger partial charge in [-0.15, -0.1) is 0 Å². The molecule has 0 atom stereocenters. The van der Waals surface area contributed by atoms with E-state index >= 15 is 0 Å². The first-order valence-electron chi connectivity index (χ1n) is 11.6. The summed E-state index contributed by atoms with van der Waals surface area (Å²) in [6.45, 7) is -0.851. The SMILES string of the molecule is O=C(OCc1ccccc1)c1cccc(F)c1N(Cc1ccc(C2CCCC2)cn1)C(=O)C(F)(F)F. The number of carbonyl (C=O) groups is 2. The summed E-state index contributed by atoms with van der Waals surface area (Å²) in [5.74, 6) is -4.19. The highest BCUT2D eigenvalue weighted by Gasteiger charge is 2.45. The number of esters is 1. The number of anilines is 1. The van der Waals surface area contributed by atoms with Crippen molar-refractivity contribution in [3.8, 4) is 0 Å². The lowest BCUT2D eigenvalue weighted by Gasteiger charge is -2.26. The molecule has 0 saturated heterocycles. The van der Waals surface area contributed by atoms with Crippen molar-refractivity contribution in [3.63, 3.8) is 0 Å². The molecule has 3 aromatic rings. The number of pyridine rings is 1. The summed E-state index contributed by atoms with van der Waals surface area (Å²) in [4.78, 5) is 29.6. The van der Waals surface area contributed by atoms with Crippen LogP contribution >= 0.6 is 0 Å². The van der Waals surface area contributed by atoms with Gasteiger partial charge in [0.1, 0.15) is 12.4 Å². The molecule has 1 heterocycles. The van der Waals surface area contributed by atoms with Crippen LogP contribution in [0.25, 0.3) is 0 Å². The quantitative estimate of drug-likeness (QED) is 0.281. The summed E-state index contributed by atoms with van der Waals surface area (Å²) in [5, 5.41) is 0. The van der Waals surface area contributed by atoms with Crippen molar-refractivity contribution < 1.29 is 31.9 Å². The predicted octanol–water partition coefficient (Wildman–Crippen LogP) is 6.33. The van der Waals surface area contributed by atoms with E-state index in [2.05, 4.69) is 4.98 Å². The third-order valence-electron chi connectivity index (χ3n) is 6.17. The van der Waals surface area contributed by atoms with Crippen LogP contribution in [0.1, 0.15) is 58.8 Å². The zero-order valence-corrected chi connectivity index (χ0v) is 19.3. The maximum atomic E-state index is 15.0. The molecule has 2 aromatic carbocycles. The standard InChI is InChI=1S/C27H24F4N2O3/c28-23-12-6-11-22(25(34)36-17-18-7-2-1-3-8-18)24(23)33(26(35)27(29,30)31)16-21-14-13-20(15-32-21)19-9-4-5-10-19/h1-3,6-8,11-15,19H,4-5,9-10,16-17H2. The number of halogens is 4. The first-order valence-corrected chi connectivity index (χ1v) is 11.6. The molecular formula is C27H24F4N2O3. The zero-order chi connectivity index (χ0) is 25.7. The summed E-state index contributed by atoms with van der Waals surface area (Å²) in [6, 6.07) is 15.1. The third kappa shape index (κ3) is 5.90. The Hall–Kier alpha value is -3.75. The number of carbonyl (C=O) groups excluding carboxylic acids is 2. The number of alkyl halides is 3. The van der Waals surface area contributed by atoms with Crippen LogP contribution in [0.15, 0.2) is 66.9 Å². The first-order chi connectivity index (χ1) is 17.2. The number of aromatic nitrogens is 1. The molecule has 1 fully saturated rings. The van der Waals surface area contributed by atoms with Crippen molar-refractivity contribution in [2.45, 2.75) is 50.9 Å². The summed E-state index contributed by atoms with van der Waals surface area (Å²) >= 11 is 0. The van der Waals surface area contributed by atoms with Crippen LogP contribution < -0.4 is 4.90 Å². The molecule has 1 aromatic heterocycles. The summed E-state index contributed by atoms with van der Waals surface area (Å²) in [5.41, 5.74) is 0.437. The predicted molar refractivity (Wildman–Crippen MR) is 125 cm³/mol. The van der Waals surface area contributed by atoms with Gasteiger partial charge in [0.25, 0.3) is 0 Å². The molecule has 188 valence electrons. The van der Waals surface area contributed by atoms with Crippen LogP contribution in [-0.4, -0.2) is 23.0 Å². The minimum atomic E-state index is -5.31. The number of nitrogens with zero attached hydrogens (tertiary/aromatic N) is 2. The topological polar surface area (TPSA) is 59.5 Å². The molecule has 9 heteroatoms. The van der Waals surface area contributed by atoms with Gasteiger partial charge in [0.05, 0.1) is 23.5 Å². The molecule has 36 heavy (non-hydrogen) atoms. The molecule has 5 nitrogen and oxygen atoms in total. The van der Waals surface area contributed by atoms with Crippen LogP contribution in [-0.2, 0) is 22.7 Å². The average Bonchev–Trinajstić information content (AvgIpc) is 3.41. The Bertz CT molecular complexity index is 1210. The van der Waals surface area contributed by atoms with E-state index in [1.807, 2.05) is 0 Å². The summed E-state index contributed by atoms with van der Waals surface area (Å²) in [6.07, 6.45) is 0.523. The van der Waals surface area contributed by atoms with Crippen molar-refractivity contribution in [1.29, 1.82) is 0 Å². The number of para-hydroxylation sites is 1. The molecular weight excluding hydrogens is 476 g/mol. The highest BCUT2D eigenvalue weighted by atomic mass is 19.4. The fraction of sp³-hybridized carbons (Fsp3) is 0.296. The van der Waals surface area contributed by atoms with Crippen LogP contribution in [0, 0.1) is 5.82 Å². The highest BCUT2D eigenvalue weighted by Crippen LogP contribution is 2.34. The Morgan fingerprint density at radius 3 is 2.33 bits per heavy atom. The van der Waals surface area contributed by atoms with Gasteiger partial charge < -0.3 is 4.74 Å². The second-order valence-corrected chi connectivity index (χ2v) is 8.65. The first kappa shape index (κ1) is 25.3. The molecule has 0 unspecified atom stereocenters. The highest BCUT2D eigenvalue weighted by molar-refractivity contribution is 6.04. The lowest BCUT2D eigenvalue weighted by molar-refractivity contribution is -0.170. The van der Waals surface area contributed by atoms with E-state index in [4.69, 9.17) is 4.74 Å². The van der Waals surface area contributed by atoms with Crippen LogP contribution in [0.5, 0.6) is 0 Å². The largest absolute Gasteiger partial charge is 0.471 e. The number of benzene rings is 2. The Balaban J connectivity index is 1.64. The molecule has 0 bridgehead atoms. The van der Waals surface area contributed by atoms with E-state index in [9.17, 15) is 27.2 Å². The summed E-state index contributed by atoms with van der Waals surface area (Å²) in [7, 11) is 0. The molecule has 0 N–H and O–H groups in total. The average molecular weight is 500 g/mol. The third-order valence-corrected chi connectivity index (χ3v) is 6.17. The minimum absolute atomic E-state index is 0.126. The van der Waals surface area contributed by atoms with Crippen LogP contribution in [0.3, 0.4) is 0 Å². The maximum absolute atomic E-state index is 15.0. The van der Waals surface area contributed by atoms with Gasteiger partial charge in [0.2, 0.25) is 0 Å². The smallest absolute Gasteiger partial charge is 0.457 e. The van der Waals surface area contributed by atoms with Crippen molar-refractivity contribution in [2.24, 2.45) is 0 Å². The van der Waals surface area contributed by atoms with Crippen molar-refractivity contribution >= 4 is 17.6 Å². The minimum Gasteiger partial charge on any atom is -0.457 e. The Morgan fingerprint density at radius 1 is 0.972 bits per heavy atom. The molecule has 0 aliphatic heterocycles. The molecule has 0 radical (unpaired) electrons. The maximum Gasteiger partial charge on any atom is 0.471 e. The fourth-order valence-corrected chi connectivity index (χ4v) is 4.35. The van der Waals surface area contributed by atoms with Gasteiger partial charge in [-0.2, -0.15) is 13.2 Å². The van der Waals surface area contributed by atoms with Gasteiger partial charge in [0, 0.05) is 6.20 Å². The van der Waals surface area contributed by atoms with Gasteiger partial charge in [-0.05, 0) is 48.1 Å². The second kappa shape index (κ2) is 10.9. The molecule has 4 rings (SSSR count). The monoisotopic (exact) mass is 500 g/mol. The Labute approximate surface area is 205 Å². The Morgan fingerprint density at radius 2 is 1.69 bits per heavy atom. The second-order valence-electron chi connectivity index (χ2n) is 8.65. The zero-order valence-electron chi connectivity index (χ0n) is 19.3. The van der Waals surface area contributed by atoms with Gasteiger partial charge in [-0.25, -0.2) is 9.18 Å². The van der Waals surface area contributed by atoms with Gasteiger partial charge in [0.15, 0.2) is 0 Å². The van der Waals surface area contributed by atoms with E-state index in [0.29, 0.717) is 11.5 Å². The van der Waals surface area contributed by atoms with E-state index in [-0.39, 0.29) is 17.2 Å². The molecule has 1 aliphatic rings. The normalized spacial score (nSPS) is 14.0. The Kier molecular flexibility index (Phi) is 7.67. The van der Waals surface area contributed by atoms with E-state index in [1.54, 1.807) is 42.6 Å². The van der Waals surface area contributed by atoms with E-state index in [1.165, 1.54) is 12.1 Å². The van der Waals surface area contributed by atoms with Crippen molar-refractivity contribution in [2.75, 3.05) is 4.90 Å². The van der Waals surface area contributed by atoms with Gasteiger partial charge in [-0.1, -0.05) is 55.3 Å². The van der Waals surface area contributed by atoms with Gasteiger partial charge in [-0.3, -0.25) is 14.7 Å². The molecule has 0 spiro atoms. The fourth-order valence-electron chi connectivity index (χ4n) is 4.35. The van der Waals surface area contributed by atoms with Crippen LogP contribution in [0.4, 0.5) is 23.2 Å². The molecule has 1 aliphatic carbocycles. The lowest BCUT2D eigenvalue weighted by atomic mass is 9.99. The lowest BCUT2D eigenvalue weighted by Crippen LogP contribution is -2.42. The van der Waals surface area contributed by atoms with E-state index in [0.717, 1.165) is 43.4 Å². The van der Waals surface area contributed by atoms with Gasteiger partial charge >= 0.3 is 18.1 Å². The number of amides is 1. The number of ether oxygens (including phenoxy) is 1. The molecule has 1 amide bonds. The number of hydrogen-bond acceptors (Lipinski definition) is 4. The number of rotatable bonds is 7. The van der Waals surface area contributed by atoms with Crippen molar-refractivity contribution in [1.82, 2.24) is 4.98 Å². The number of hydrogen-bond donors (Lipinski definition) is 0. The van der Waals surface area contributed by atoms with E-state index < -0.39 is 41.7 Å². The van der Waals surface area contributed by atoms with Crippen molar-refractivity contribution in [3.05, 3.63) is 95.1 Å². The van der Waals surface area contributed by atoms with Crippen LogP contribution in [0.2, 0.25) is 0 Å². The summed E-state index contributed by atoms with van der Waals surface area (Å²) < 4.78 is 60.8. The molecule has 1 saturated carbocycles.